The van der Waals surface area contributed by atoms with Gasteiger partial charge in [-0.3, -0.25) is 4.79 Å². The zero-order chi connectivity index (χ0) is 24.8. The van der Waals surface area contributed by atoms with Gasteiger partial charge < -0.3 is 20.3 Å². The van der Waals surface area contributed by atoms with E-state index in [2.05, 4.69) is 63.3 Å². The molecule has 0 bridgehead atoms. The van der Waals surface area contributed by atoms with E-state index < -0.39 is 19.6 Å². The fraction of sp³-hybridized carbons (Fsp3) is 0.519. The van der Waals surface area contributed by atoms with Gasteiger partial charge in [0.2, 0.25) is 0 Å². The second-order valence-electron chi connectivity index (χ2n) is 9.98. The highest BCUT2D eigenvalue weighted by molar-refractivity contribution is 7.02. The average Bonchev–Trinajstić information content (AvgIpc) is 2.78. The summed E-state index contributed by atoms with van der Waals surface area (Å²) in [7, 11) is -1.97. The van der Waals surface area contributed by atoms with Gasteiger partial charge in [-0.05, 0) is 37.1 Å². The molecule has 0 aliphatic rings. The summed E-state index contributed by atoms with van der Waals surface area (Å²) in [5.74, 6) is 0.858. The number of ether oxygens (including phenoxy) is 1. The predicted molar refractivity (Wildman–Crippen MR) is 140 cm³/mol. The highest BCUT2D eigenvalue weighted by Crippen LogP contribution is 2.24. The first-order chi connectivity index (χ1) is 15.5. The number of rotatable bonds is 11. The molecule has 0 fully saturated rings. The molecule has 0 saturated heterocycles. The highest BCUT2D eigenvalue weighted by Gasteiger charge is 2.34. The Hall–Kier alpha value is -2.15. The van der Waals surface area contributed by atoms with Gasteiger partial charge >= 0.3 is 0 Å². The van der Waals surface area contributed by atoms with Crippen LogP contribution in [0.2, 0.25) is 12.1 Å². The molecule has 0 spiro atoms. The van der Waals surface area contributed by atoms with Crippen molar-refractivity contribution in [3.63, 3.8) is 0 Å². The normalized spacial score (nSPS) is 13.0. The molecule has 0 saturated carbocycles. The minimum atomic E-state index is -1.97. The molecule has 0 unspecified atom stereocenters. The summed E-state index contributed by atoms with van der Waals surface area (Å²) < 4.78 is 5.88. The van der Waals surface area contributed by atoms with Crippen molar-refractivity contribution in [3.05, 3.63) is 47.5 Å². The Morgan fingerprint density at radius 1 is 1.03 bits per heavy atom. The smallest absolute Gasteiger partial charge is 0.175 e. The molecule has 2 aromatic rings. The summed E-state index contributed by atoms with van der Waals surface area (Å²) in [5.41, 5.74) is 2.76. The van der Waals surface area contributed by atoms with Gasteiger partial charge in [0.25, 0.3) is 0 Å². The standard InChI is InChI=1S/C27H41NO4Si/c1-8-33(9-2,22-10-12-24(19(3)14-22)28-16-21(30)17-29)23-11-13-25(20(4)15-23)32-18-26(31)27(5,6)7/h10-15,21,28-30H,8-9,16-18H2,1-7H3/t21-/m0/s1. The van der Waals surface area contributed by atoms with Gasteiger partial charge in [0.1, 0.15) is 20.4 Å². The monoisotopic (exact) mass is 471 g/mol. The Morgan fingerprint density at radius 3 is 2.09 bits per heavy atom. The Balaban J connectivity index is 2.32. The minimum Gasteiger partial charge on any atom is -0.486 e. The molecule has 0 radical (unpaired) electrons. The Kier molecular flexibility index (Phi) is 9.29. The van der Waals surface area contributed by atoms with E-state index in [9.17, 15) is 9.90 Å². The van der Waals surface area contributed by atoms with Crippen molar-refractivity contribution < 1.29 is 19.7 Å². The zero-order valence-corrected chi connectivity index (χ0v) is 22.3. The van der Waals surface area contributed by atoms with Crippen LogP contribution >= 0.6 is 0 Å². The molecular formula is C27H41NO4Si. The number of anilines is 1. The van der Waals surface area contributed by atoms with E-state index in [0.29, 0.717) is 6.54 Å². The molecule has 0 heterocycles. The molecule has 2 aromatic carbocycles. The third-order valence-corrected chi connectivity index (χ3v) is 11.9. The number of benzene rings is 2. The summed E-state index contributed by atoms with van der Waals surface area (Å²) in [4.78, 5) is 12.3. The minimum absolute atomic E-state index is 0.0897. The lowest BCUT2D eigenvalue weighted by Crippen LogP contribution is -2.57. The van der Waals surface area contributed by atoms with Crippen molar-refractivity contribution in [2.75, 3.05) is 25.1 Å². The highest BCUT2D eigenvalue weighted by atomic mass is 28.3. The van der Waals surface area contributed by atoms with Crippen LogP contribution in [0.3, 0.4) is 0 Å². The molecule has 33 heavy (non-hydrogen) atoms. The molecular weight excluding hydrogens is 430 g/mol. The van der Waals surface area contributed by atoms with Crippen LogP contribution in [-0.4, -0.2) is 49.9 Å². The predicted octanol–water partition coefficient (Wildman–Crippen LogP) is 3.67. The summed E-state index contributed by atoms with van der Waals surface area (Å²) >= 11 is 0. The van der Waals surface area contributed by atoms with Crippen molar-refractivity contribution in [2.24, 2.45) is 5.41 Å². The van der Waals surface area contributed by atoms with Crippen molar-refractivity contribution >= 4 is 29.9 Å². The third-order valence-electron chi connectivity index (χ3n) is 6.65. The van der Waals surface area contributed by atoms with Crippen LogP contribution in [0.15, 0.2) is 36.4 Å². The van der Waals surface area contributed by atoms with Crippen LogP contribution in [0.25, 0.3) is 0 Å². The number of aryl methyl sites for hydroxylation is 2. The fourth-order valence-corrected chi connectivity index (χ4v) is 8.41. The fourth-order valence-electron chi connectivity index (χ4n) is 4.15. The number of hydrogen-bond acceptors (Lipinski definition) is 5. The van der Waals surface area contributed by atoms with Crippen LogP contribution < -0.4 is 20.4 Å². The largest absolute Gasteiger partial charge is 0.486 e. The van der Waals surface area contributed by atoms with E-state index in [0.717, 1.165) is 34.7 Å². The van der Waals surface area contributed by atoms with Crippen LogP contribution in [0, 0.1) is 19.3 Å². The summed E-state index contributed by atoms with van der Waals surface area (Å²) in [5, 5.41) is 24.7. The molecule has 182 valence electrons. The van der Waals surface area contributed by atoms with E-state index in [1.54, 1.807) is 0 Å². The van der Waals surface area contributed by atoms with Gasteiger partial charge in [-0.25, -0.2) is 0 Å². The van der Waals surface area contributed by atoms with Gasteiger partial charge in [-0.15, -0.1) is 0 Å². The van der Waals surface area contributed by atoms with E-state index in [1.165, 1.54) is 10.4 Å². The van der Waals surface area contributed by atoms with Gasteiger partial charge in [-0.2, -0.15) is 0 Å². The summed E-state index contributed by atoms with van der Waals surface area (Å²) in [6, 6.07) is 15.2. The number of carbonyl (C=O) groups is 1. The van der Waals surface area contributed by atoms with Crippen LogP contribution in [0.4, 0.5) is 5.69 Å². The van der Waals surface area contributed by atoms with E-state index in [1.807, 2.05) is 26.8 Å². The lowest BCUT2D eigenvalue weighted by Gasteiger charge is -2.32. The van der Waals surface area contributed by atoms with Gasteiger partial charge in [0.15, 0.2) is 5.78 Å². The molecule has 0 aliphatic carbocycles. The molecule has 5 nitrogen and oxygen atoms in total. The van der Waals surface area contributed by atoms with E-state index in [-0.39, 0.29) is 19.0 Å². The molecule has 3 N–H and O–H groups in total. The van der Waals surface area contributed by atoms with Gasteiger partial charge in [0.05, 0.1) is 12.7 Å². The number of aliphatic hydroxyl groups is 2. The Bertz CT molecular complexity index is 948. The number of Topliss-reactive ketones (excluding diaryl/α,β-unsaturated/α-hetero) is 1. The van der Waals surface area contributed by atoms with E-state index >= 15 is 0 Å². The van der Waals surface area contributed by atoms with Crippen molar-refractivity contribution in [2.45, 2.75) is 66.7 Å². The Morgan fingerprint density at radius 2 is 1.61 bits per heavy atom. The third kappa shape index (κ3) is 6.46. The van der Waals surface area contributed by atoms with Crippen molar-refractivity contribution in [1.82, 2.24) is 0 Å². The summed E-state index contributed by atoms with van der Waals surface area (Å²) in [6.07, 6.45) is -0.772. The van der Waals surface area contributed by atoms with Gasteiger partial charge in [0, 0.05) is 17.6 Å². The lowest BCUT2D eigenvalue weighted by atomic mass is 9.91. The molecule has 2 rings (SSSR count). The molecule has 1 atom stereocenters. The first kappa shape index (κ1) is 27.1. The average molecular weight is 472 g/mol. The van der Waals surface area contributed by atoms with Gasteiger partial charge in [-0.1, -0.05) is 81.3 Å². The van der Waals surface area contributed by atoms with Crippen LogP contribution in [-0.2, 0) is 4.79 Å². The second kappa shape index (κ2) is 11.3. The van der Waals surface area contributed by atoms with Crippen LogP contribution in [0.5, 0.6) is 5.75 Å². The maximum absolute atomic E-state index is 12.3. The first-order valence-corrected chi connectivity index (χ1v) is 14.3. The second-order valence-corrected chi connectivity index (χ2v) is 14.7. The lowest BCUT2D eigenvalue weighted by molar-refractivity contribution is -0.128. The first-order valence-electron chi connectivity index (χ1n) is 11.9. The quantitative estimate of drug-likeness (QED) is 0.436. The molecule has 0 aliphatic heterocycles. The Labute approximate surface area is 200 Å². The number of carbonyl (C=O) groups excluding carboxylic acids is 1. The van der Waals surface area contributed by atoms with Crippen LogP contribution in [0.1, 0.15) is 45.7 Å². The maximum Gasteiger partial charge on any atom is 0.175 e. The molecule has 6 heteroatoms. The molecule has 0 amide bonds. The van der Waals surface area contributed by atoms with E-state index in [4.69, 9.17) is 9.84 Å². The number of ketones is 1. The number of nitrogens with one attached hydrogen (secondary N) is 1. The number of hydrogen-bond donors (Lipinski definition) is 3. The maximum atomic E-state index is 12.3. The zero-order valence-electron chi connectivity index (χ0n) is 21.3. The topological polar surface area (TPSA) is 78.8 Å². The summed E-state index contributed by atoms with van der Waals surface area (Å²) in [6.45, 7) is 14.6. The molecule has 0 aromatic heterocycles. The number of aliphatic hydroxyl groups excluding tert-OH is 2. The van der Waals surface area contributed by atoms with Crippen molar-refractivity contribution in [3.8, 4) is 5.75 Å². The van der Waals surface area contributed by atoms with Crippen molar-refractivity contribution in [1.29, 1.82) is 0 Å². The SMILES string of the molecule is CC[Si](CC)(c1ccc(NC[C@H](O)CO)c(C)c1)c1ccc(OCC(=O)C(C)(C)C)c(C)c1.